The molecule has 1 aliphatic rings. The van der Waals surface area contributed by atoms with Crippen LogP contribution in [0.1, 0.15) is 5.56 Å². The van der Waals surface area contributed by atoms with Crippen LogP contribution in [0.3, 0.4) is 0 Å². The van der Waals surface area contributed by atoms with Crippen molar-refractivity contribution in [3.05, 3.63) is 89.1 Å². The number of methoxy groups -OCH3 is 2. The number of nitrogens with one attached hydrogen (secondary N) is 1. The van der Waals surface area contributed by atoms with Gasteiger partial charge in [0.15, 0.2) is 16.6 Å². The van der Waals surface area contributed by atoms with Crippen LogP contribution in [-0.4, -0.2) is 36.1 Å². The van der Waals surface area contributed by atoms with Crippen LogP contribution in [0.25, 0.3) is 17.0 Å². The van der Waals surface area contributed by atoms with Crippen molar-refractivity contribution in [2.45, 2.75) is 0 Å². The quantitative estimate of drug-likeness (QED) is 0.147. The standard InChI is InChI=1S/C28H20ClN3O5S/c1-35-23-14-16-12-17(25(29)30-22(16)15-24(23)36-2)13-21-26(33)31-28(38)32(27(21)34)18-8-10-20(11-9-18)37-19-6-4-3-5-7-19/h3-15H,1-2H3,(H,31,33,38)/b21-13+. The van der Waals surface area contributed by atoms with Gasteiger partial charge < -0.3 is 14.2 Å². The first-order valence-corrected chi connectivity index (χ1v) is 12.1. The third-order valence-corrected chi connectivity index (χ3v) is 6.36. The average Bonchev–Trinajstić information content (AvgIpc) is 2.92. The second-order valence-corrected chi connectivity index (χ2v) is 8.88. The second-order valence-electron chi connectivity index (χ2n) is 8.14. The van der Waals surface area contributed by atoms with E-state index >= 15 is 0 Å². The number of ether oxygens (including phenoxy) is 3. The number of fused-ring (bicyclic) bond motifs is 1. The van der Waals surface area contributed by atoms with Crippen LogP contribution in [0.15, 0.2) is 78.4 Å². The van der Waals surface area contributed by atoms with Crippen molar-refractivity contribution >= 4 is 63.4 Å². The minimum absolute atomic E-state index is 0.0338. The summed E-state index contributed by atoms with van der Waals surface area (Å²) < 4.78 is 16.5. The summed E-state index contributed by atoms with van der Waals surface area (Å²) in [6.07, 6.45) is 1.39. The van der Waals surface area contributed by atoms with E-state index < -0.39 is 11.8 Å². The zero-order valence-electron chi connectivity index (χ0n) is 20.2. The van der Waals surface area contributed by atoms with Gasteiger partial charge in [0.1, 0.15) is 22.2 Å². The Morgan fingerprint density at radius 1 is 0.921 bits per heavy atom. The fourth-order valence-electron chi connectivity index (χ4n) is 3.93. The van der Waals surface area contributed by atoms with Gasteiger partial charge in [-0.15, -0.1) is 0 Å². The predicted molar refractivity (Wildman–Crippen MR) is 149 cm³/mol. The molecule has 4 aromatic rings. The molecule has 1 N–H and O–H groups in total. The van der Waals surface area contributed by atoms with Crippen molar-refractivity contribution in [1.29, 1.82) is 0 Å². The average molecular weight is 546 g/mol. The molecule has 2 amide bonds. The summed E-state index contributed by atoms with van der Waals surface area (Å²) in [5.41, 5.74) is 1.26. The maximum atomic E-state index is 13.5. The monoisotopic (exact) mass is 545 g/mol. The van der Waals surface area contributed by atoms with Gasteiger partial charge in [-0.3, -0.25) is 19.8 Å². The normalized spacial score (nSPS) is 14.6. The van der Waals surface area contributed by atoms with Gasteiger partial charge in [0.25, 0.3) is 11.8 Å². The van der Waals surface area contributed by atoms with Crippen LogP contribution >= 0.6 is 23.8 Å². The molecule has 0 atom stereocenters. The fraction of sp³-hybridized carbons (Fsp3) is 0.0714. The predicted octanol–water partition coefficient (Wildman–Crippen LogP) is 5.53. The Kier molecular flexibility index (Phi) is 6.95. The molecule has 1 aliphatic heterocycles. The molecule has 1 saturated heterocycles. The number of nitrogens with zero attached hydrogens (tertiary/aromatic N) is 2. The fourth-order valence-corrected chi connectivity index (χ4v) is 4.41. The minimum atomic E-state index is -0.635. The molecule has 3 aromatic carbocycles. The molecule has 8 nitrogen and oxygen atoms in total. The van der Waals surface area contributed by atoms with Crippen molar-refractivity contribution in [1.82, 2.24) is 10.3 Å². The van der Waals surface area contributed by atoms with Gasteiger partial charge in [-0.05, 0) is 66.8 Å². The number of hydrogen-bond acceptors (Lipinski definition) is 7. The number of pyridine rings is 1. The Morgan fingerprint density at radius 3 is 2.26 bits per heavy atom. The SMILES string of the molecule is COc1cc2cc(/C=C3\C(=O)NC(=S)N(c4ccc(Oc5ccccc5)cc4)C3=O)c(Cl)nc2cc1OC. The summed E-state index contributed by atoms with van der Waals surface area (Å²) in [5.74, 6) is 1.03. The highest BCUT2D eigenvalue weighted by Gasteiger charge is 2.34. The van der Waals surface area contributed by atoms with Crippen LogP contribution in [-0.2, 0) is 9.59 Å². The highest BCUT2D eigenvalue weighted by atomic mass is 35.5. The summed E-state index contributed by atoms with van der Waals surface area (Å²) in [5, 5.41) is 3.33. The van der Waals surface area contributed by atoms with Crippen molar-refractivity contribution in [3.63, 3.8) is 0 Å². The van der Waals surface area contributed by atoms with E-state index in [4.69, 9.17) is 38.0 Å². The van der Waals surface area contributed by atoms with Gasteiger partial charge in [0, 0.05) is 17.0 Å². The second kappa shape index (κ2) is 10.5. The number of thiocarbonyl (C=S) groups is 1. The van der Waals surface area contributed by atoms with Gasteiger partial charge in [-0.25, -0.2) is 4.98 Å². The molecule has 0 saturated carbocycles. The van der Waals surface area contributed by atoms with E-state index in [0.717, 1.165) is 0 Å². The van der Waals surface area contributed by atoms with Gasteiger partial charge in [0.2, 0.25) is 0 Å². The number of aromatic nitrogens is 1. The zero-order chi connectivity index (χ0) is 26.8. The number of anilines is 1. The number of halogens is 1. The zero-order valence-corrected chi connectivity index (χ0v) is 21.8. The molecular formula is C28H20ClN3O5S. The molecule has 1 aromatic heterocycles. The highest BCUT2D eigenvalue weighted by Crippen LogP contribution is 2.34. The number of hydrogen-bond donors (Lipinski definition) is 1. The van der Waals surface area contributed by atoms with E-state index in [1.54, 1.807) is 42.5 Å². The third kappa shape index (κ3) is 4.89. The molecule has 5 rings (SSSR count). The van der Waals surface area contributed by atoms with Crippen molar-refractivity contribution < 1.29 is 23.8 Å². The summed E-state index contributed by atoms with van der Waals surface area (Å²) >= 11 is 11.7. The molecule has 0 unspecified atom stereocenters. The van der Waals surface area contributed by atoms with Crippen LogP contribution < -0.4 is 24.4 Å². The molecule has 0 spiro atoms. The Bertz CT molecular complexity index is 1610. The van der Waals surface area contributed by atoms with Crippen LogP contribution in [0.2, 0.25) is 5.15 Å². The third-order valence-electron chi connectivity index (χ3n) is 5.78. The first-order valence-electron chi connectivity index (χ1n) is 11.3. The van der Waals surface area contributed by atoms with Crippen molar-refractivity contribution in [3.8, 4) is 23.0 Å². The molecule has 10 heteroatoms. The van der Waals surface area contributed by atoms with Crippen molar-refractivity contribution in [2.24, 2.45) is 0 Å². The summed E-state index contributed by atoms with van der Waals surface area (Å²) in [6.45, 7) is 0. The van der Waals surface area contributed by atoms with E-state index in [-0.39, 0.29) is 15.8 Å². The number of benzene rings is 3. The topological polar surface area (TPSA) is 90.0 Å². The van der Waals surface area contributed by atoms with Gasteiger partial charge >= 0.3 is 0 Å². The number of amides is 2. The lowest BCUT2D eigenvalue weighted by Gasteiger charge is -2.29. The molecule has 0 radical (unpaired) electrons. The van der Waals surface area contributed by atoms with E-state index in [2.05, 4.69) is 10.3 Å². The maximum absolute atomic E-state index is 13.5. The minimum Gasteiger partial charge on any atom is -0.493 e. The van der Waals surface area contributed by atoms with Crippen LogP contribution in [0.5, 0.6) is 23.0 Å². The van der Waals surface area contributed by atoms with Gasteiger partial charge in [0.05, 0.1) is 25.4 Å². The van der Waals surface area contributed by atoms with Crippen molar-refractivity contribution in [2.75, 3.05) is 19.1 Å². The molecule has 38 heavy (non-hydrogen) atoms. The van der Waals surface area contributed by atoms with Crippen LogP contribution in [0, 0.1) is 0 Å². The largest absolute Gasteiger partial charge is 0.493 e. The number of carbonyl (C=O) groups is 2. The molecule has 0 aliphatic carbocycles. The Hall–Kier alpha value is -4.47. The van der Waals surface area contributed by atoms with E-state index in [1.165, 1.54) is 25.2 Å². The lowest BCUT2D eigenvalue weighted by molar-refractivity contribution is -0.122. The summed E-state index contributed by atoms with van der Waals surface area (Å²) in [4.78, 5) is 31.9. The van der Waals surface area contributed by atoms with Gasteiger partial charge in [-0.1, -0.05) is 29.8 Å². The highest BCUT2D eigenvalue weighted by molar-refractivity contribution is 7.80. The summed E-state index contributed by atoms with van der Waals surface area (Å²) in [7, 11) is 3.05. The number of para-hydroxylation sites is 1. The molecule has 0 bridgehead atoms. The number of rotatable bonds is 6. The Morgan fingerprint density at radius 2 is 1.58 bits per heavy atom. The van der Waals surface area contributed by atoms with E-state index in [0.29, 0.717) is 45.2 Å². The van der Waals surface area contributed by atoms with Crippen LogP contribution in [0.4, 0.5) is 5.69 Å². The van der Waals surface area contributed by atoms with E-state index in [1.807, 2.05) is 30.3 Å². The molecule has 190 valence electrons. The Balaban J connectivity index is 1.47. The molecular weight excluding hydrogens is 526 g/mol. The smallest absolute Gasteiger partial charge is 0.270 e. The lowest BCUT2D eigenvalue weighted by atomic mass is 10.1. The van der Waals surface area contributed by atoms with Gasteiger partial charge in [-0.2, -0.15) is 0 Å². The Labute approximate surface area is 228 Å². The number of carbonyl (C=O) groups excluding carboxylic acids is 2. The maximum Gasteiger partial charge on any atom is 0.270 e. The molecule has 2 heterocycles. The lowest BCUT2D eigenvalue weighted by Crippen LogP contribution is -2.54. The summed E-state index contributed by atoms with van der Waals surface area (Å²) in [6, 6.07) is 21.2. The van der Waals surface area contributed by atoms with E-state index in [9.17, 15) is 9.59 Å². The molecule has 1 fully saturated rings. The first kappa shape index (κ1) is 25.2. The first-order chi connectivity index (χ1) is 18.4.